The Hall–Kier alpha value is -2.66. The van der Waals surface area contributed by atoms with E-state index in [1.165, 1.54) is 11.1 Å². The highest BCUT2D eigenvalue weighted by molar-refractivity contribution is 5.93. The number of fused-ring (bicyclic) bond motifs is 2. The summed E-state index contributed by atoms with van der Waals surface area (Å²) in [7, 11) is 0. The molecule has 1 amide bonds. The van der Waals surface area contributed by atoms with Gasteiger partial charge in [-0.15, -0.1) is 0 Å². The first-order valence-corrected chi connectivity index (χ1v) is 9.82. The van der Waals surface area contributed by atoms with Crippen molar-refractivity contribution in [3.63, 3.8) is 0 Å². The highest BCUT2D eigenvalue weighted by Gasteiger charge is 2.29. The van der Waals surface area contributed by atoms with Crippen LogP contribution in [0.4, 0.5) is 0 Å². The number of nitrogens with zero attached hydrogens (tertiary/aromatic N) is 4. The molecule has 3 aromatic rings. The zero-order chi connectivity index (χ0) is 18.2. The molecular formula is C22H24N4O. The molecule has 5 heteroatoms. The summed E-state index contributed by atoms with van der Waals surface area (Å²) in [6.07, 6.45) is 4.97. The average Bonchev–Trinajstić information content (AvgIpc) is 3.22. The van der Waals surface area contributed by atoms with E-state index >= 15 is 0 Å². The molecule has 0 unspecified atom stereocenters. The lowest BCUT2D eigenvalue weighted by molar-refractivity contribution is 0.0591. The lowest BCUT2D eigenvalue weighted by atomic mass is 9.95. The van der Waals surface area contributed by atoms with Gasteiger partial charge >= 0.3 is 0 Å². The number of aromatic nitrogens is 2. The van der Waals surface area contributed by atoms with Gasteiger partial charge in [0.1, 0.15) is 5.69 Å². The summed E-state index contributed by atoms with van der Waals surface area (Å²) in [5.41, 5.74) is 4.58. The van der Waals surface area contributed by atoms with Crippen LogP contribution in [0.25, 0.3) is 5.52 Å². The molecule has 1 fully saturated rings. The second-order valence-corrected chi connectivity index (χ2v) is 7.59. The van der Waals surface area contributed by atoms with Crippen molar-refractivity contribution in [2.75, 3.05) is 19.6 Å². The van der Waals surface area contributed by atoms with E-state index < -0.39 is 0 Å². The Labute approximate surface area is 159 Å². The first-order valence-electron chi connectivity index (χ1n) is 9.82. The maximum absolute atomic E-state index is 13.0. The van der Waals surface area contributed by atoms with Crippen molar-refractivity contribution in [2.24, 2.45) is 0 Å². The van der Waals surface area contributed by atoms with Gasteiger partial charge in [-0.05, 0) is 48.6 Å². The Balaban J connectivity index is 1.25. The maximum Gasteiger partial charge on any atom is 0.272 e. The Morgan fingerprint density at radius 1 is 0.926 bits per heavy atom. The van der Waals surface area contributed by atoms with Gasteiger partial charge in [0.05, 0.1) is 11.7 Å². The average molecular weight is 360 g/mol. The molecule has 0 N–H and O–H groups in total. The van der Waals surface area contributed by atoms with E-state index in [1.54, 1.807) is 10.7 Å². The van der Waals surface area contributed by atoms with E-state index in [4.69, 9.17) is 0 Å². The quantitative estimate of drug-likeness (QED) is 0.705. The first kappa shape index (κ1) is 16.5. The largest absolute Gasteiger partial charge is 0.337 e. The molecule has 5 rings (SSSR count). The number of hydrogen-bond acceptors (Lipinski definition) is 3. The number of piperidine rings is 1. The van der Waals surface area contributed by atoms with Crippen LogP contribution in [0.5, 0.6) is 0 Å². The van der Waals surface area contributed by atoms with E-state index in [2.05, 4.69) is 34.3 Å². The van der Waals surface area contributed by atoms with Gasteiger partial charge in [0, 0.05) is 32.2 Å². The summed E-state index contributed by atoms with van der Waals surface area (Å²) in [5, 5.41) is 4.31. The first-order chi connectivity index (χ1) is 13.3. The summed E-state index contributed by atoms with van der Waals surface area (Å²) in [6, 6.07) is 17.1. The summed E-state index contributed by atoms with van der Waals surface area (Å²) in [6.45, 7) is 3.81. The van der Waals surface area contributed by atoms with Gasteiger partial charge in [-0.1, -0.05) is 30.3 Å². The SMILES string of the molecule is O=C(c1cccc2ccnn12)N1CCC(N2CCc3ccccc3C2)CC1. The fourth-order valence-corrected chi connectivity index (χ4v) is 4.54. The normalized spacial score (nSPS) is 18.6. The van der Waals surface area contributed by atoms with Crippen LogP contribution < -0.4 is 0 Å². The van der Waals surface area contributed by atoms with Crippen LogP contribution in [0.1, 0.15) is 34.5 Å². The molecule has 0 bridgehead atoms. The molecule has 0 atom stereocenters. The van der Waals surface area contributed by atoms with Gasteiger partial charge in [-0.3, -0.25) is 9.69 Å². The molecule has 0 aliphatic carbocycles. The maximum atomic E-state index is 13.0. The predicted octanol–water partition coefficient (Wildman–Crippen LogP) is 3.00. The van der Waals surface area contributed by atoms with Gasteiger partial charge in [0.15, 0.2) is 0 Å². The Kier molecular flexibility index (Phi) is 4.17. The van der Waals surface area contributed by atoms with Gasteiger partial charge in [0.25, 0.3) is 5.91 Å². The van der Waals surface area contributed by atoms with Crippen LogP contribution in [0.3, 0.4) is 0 Å². The van der Waals surface area contributed by atoms with Gasteiger partial charge < -0.3 is 4.90 Å². The molecule has 0 spiro atoms. The Morgan fingerprint density at radius 2 is 1.74 bits per heavy atom. The van der Waals surface area contributed by atoms with Crippen LogP contribution in [0.15, 0.2) is 54.7 Å². The van der Waals surface area contributed by atoms with Gasteiger partial charge in [0.2, 0.25) is 0 Å². The van der Waals surface area contributed by atoms with Crippen molar-refractivity contribution in [1.29, 1.82) is 0 Å². The molecule has 1 saturated heterocycles. The number of benzene rings is 1. The van der Waals surface area contributed by atoms with Crippen LogP contribution >= 0.6 is 0 Å². The zero-order valence-corrected chi connectivity index (χ0v) is 15.4. The Morgan fingerprint density at radius 3 is 2.59 bits per heavy atom. The van der Waals surface area contributed by atoms with Crippen molar-refractivity contribution >= 4 is 11.4 Å². The van der Waals surface area contributed by atoms with Gasteiger partial charge in [-0.2, -0.15) is 5.10 Å². The number of rotatable bonds is 2. The van der Waals surface area contributed by atoms with E-state index in [0.717, 1.165) is 51.0 Å². The van der Waals surface area contributed by atoms with Crippen molar-refractivity contribution in [3.05, 3.63) is 71.5 Å². The Bertz CT molecular complexity index is 971. The molecule has 5 nitrogen and oxygen atoms in total. The number of carbonyl (C=O) groups is 1. The number of likely N-dealkylation sites (tertiary alicyclic amines) is 1. The molecule has 138 valence electrons. The van der Waals surface area contributed by atoms with Crippen molar-refractivity contribution in [3.8, 4) is 0 Å². The van der Waals surface area contributed by atoms with Crippen LogP contribution in [0.2, 0.25) is 0 Å². The minimum Gasteiger partial charge on any atom is -0.337 e. The third-order valence-electron chi connectivity index (χ3n) is 6.07. The molecule has 2 aliphatic heterocycles. The summed E-state index contributed by atoms with van der Waals surface area (Å²) >= 11 is 0. The predicted molar refractivity (Wildman–Crippen MR) is 105 cm³/mol. The van der Waals surface area contributed by atoms with Gasteiger partial charge in [-0.25, -0.2) is 4.52 Å². The monoisotopic (exact) mass is 360 g/mol. The molecule has 2 aromatic heterocycles. The number of hydrogen-bond donors (Lipinski definition) is 0. The van der Waals surface area contributed by atoms with Crippen LogP contribution in [0, 0.1) is 0 Å². The zero-order valence-electron chi connectivity index (χ0n) is 15.4. The summed E-state index contributed by atoms with van der Waals surface area (Å²) < 4.78 is 1.75. The smallest absolute Gasteiger partial charge is 0.272 e. The van der Waals surface area contributed by atoms with E-state index in [-0.39, 0.29) is 5.91 Å². The topological polar surface area (TPSA) is 40.9 Å². The standard InChI is InChI=1S/C22H24N4O/c27-22(21-7-3-6-20-8-12-23-26(20)21)24-14-10-19(11-15-24)25-13-9-17-4-1-2-5-18(17)16-25/h1-8,12,19H,9-11,13-16H2. The molecular weight excluding hydrogens is 336 g/mol. The van der Waals surface area contributed by atoms with Crippen LogP contribution in [-0.2, 0) is 13.0 Å². The minimum atomic E-state index is 0.0896. The van der Waals surface area contributed by atoms with Crippen molar-refractivity contribution < 1.29 is 4.79 Å². The highest BCUT2D eigenvalue weighted by Crippen LogP contribution is 2.25. The number of pyridine rings is 1. The molecule has 1 aromatic carbocycles. The van der Waals surface area contributed by atoms with Crippen molar-refractivity contribution in [1.82, 2.24) is 19.4 Å². The fraction of sp³-hybridized carbons (Fsp3) is 0.364. The summed E-state index contributed by atoms with van der Waals surface area (Å²) in [4.78, 5) is 17.6. The molecule has 4 heterocycles. The van der Waals surface area contributed by atoms with E-state index in [0.29, 0.717) is 11.7 Å². The lowest BCUT2D eigenvalue weighted by Crippen LogP contribution is -2.48. The minimum absolute atomic E-state index is 0.0896. The van der Waals surface area contributed by atoms with E-state index in [9.17, 15) is 4.79 Å². The molecule has 0 radical (unpaired) electrons. The van der Waals surface area contributed by atoms with E-state index in [1.807, 2.05) is 29.2 Å². The molecule has 2 aliphatic rings. The van der Waals surface area contributed by atoms with Crippen molar-refractivity contribution in [2.45, 2.75) is 31.8 Å². The number of amides is 1. The fourth-order valence-electron chi connectivity index (χ4n) is 4.54. The highest BCUT2D eigenvalue weighted by atomic mass is 16.2. The second-order valence-electron chi connectivity index (χ2n) is 7.59. The molecule has 0 saturated carbocycles. The number of carbonyl (C=O) groups excluding carboxylic acids is 1. The lowest BCUT2D eigenvalue weighted by Gasteiger charge is -2.40. The second kappa shape index (κ2) is 6.82. The third-order valence-corrected chi connectivity index (χ3v) is 6.07. The van der Waals surface area contributed by atoms with Crippen LogP contribution in [-0.4, -0.2) is 51.0 Å². The third kappa shape index (κ3) is 3.02. The molecule has 27 heavy (non-hydrogen) atoms. The summed E-state index contributed by atoms with van der Waals surface area (Å²) in [5.74, 6) is 0.0896.